The molecule has 1 aromatic carbocycles. The first-order valence-electron chi connectivity index (χ1n) is 7.15. The topological polar surface area (TPSA) is 30.7 Å². The molecular weight excluding hydrogens is 322 g/mol. The zero-order valence-corrected chi connectivity index (χ0v) is 12.7. The lowest BCUT2D eigenvalue weighted by atomic mass is 10.0. The summed E-state index contributed by atoms with van der Waals surface area (Å²) in [5.41, 5.74) is 1.31. The van der Waals surface area contributed by atoms with Gasteiger partial charge in [-0.1, -0.05) is 0 Å². The van der Waals surface area contributed by atoms with Gasteiger partial charge in [0.2, 0.25) is 0 Å². The molecule has 0 bridgehead atoms. The molecular formula is C17H13F4N3. The highest BCUT2D eigenvalue weighted by molar-refractivity contribution is 5.35. The first-order chi connectivity index (χ1) is 11.3. The summed E-state index contributed by atoms with van der Waals surface area (Å²) in [5, 5.41) is 4.27. The number of alkyl halides is 3. The maximum absolute atomic E-state index is 13.5. The van der Waals surface area contributed by atoms with E-state index in [2.05, 4.69) is 10.1 Å². The predicted octanol–water partition coefficient (Wildman–Crippen LogP) is 4.32. The van der Waals surface area contributed by atoms with Crippen molar-refractivity contribution in [3.8, 4) is 5.69 Å². The summed E-state index contributed by atoms with van der Waals surface area (Å²) in [6.45, 7) is 1.85. The number of benzene rings is 1. The highest BCUT2D eigenvalue weighted by atomic mass is 19.4. The van der Waals surface area contributed by atoms with E-state index in [0.717, 1.165) is 23.5 Å². The molecule has 3 aromatic rings. The van der Waals surface area contributed by atoms with Gasteiger partial charge in [0.05, 0.1) is 16.9 Å². The Morgan fingerprint density at radius 1 is 1.08 bits per heavy atom. The van der Waals surface area contributed by atoms with Crippen molar-refractivity contribution in [2.45, 2.75) is 19.5 Å². The summed E-state index contributed by atoms with van der Waals surface area (Å²) in [4.78, 5) is 4.14. The van der Waals surface area contributed by atoms with E-state index in [4.69, 9.17) is 0 Å². The molecule has 0 unspecified atom stereocenters. The molecule has 0 saturated heterocycles. The zero-order chi connectivity index (χ0) is 17.3. The zero-order valence-electron chi connectivity index (χ0n) is 12.7. The normalized spacial score (nSPS) is 11.7. The summed E-state index contributed by atoms with van der Waals surface area (Å²) >= 11 is 0. The number of aromatic nitrogens is 3. The van der Waals surface area contributed by atoms with Crippen molar-refractivity contribution in [1.29, 1.82) is 0 Å². The summed E-state index contributed by atoms with van der Waals surface area (Å²) in [7, 11) is 0. The fourth-order valence-corrected chi connectivity index (χ4v) is 2.39. The molecule has 3 nitrogen and oxygen atoms in total. The lowest BCUT2D eigenvalue weighted by molar-refractivity contribution is -0.137. The van der Waals surface area contributed by atoms with Gasteiger partial charge in [0.15, 0.2) is 0 Å². The van der Waals surface area contributed by atoms with Crippen LogP contribution in [-0.4, -0.2) is 14.8 Å². The summed E-state index contributed by atoms with van der Waals surface area (Å²) in [6.07, 6.45) is -1.17. The first-order valence-corrected chi connectivity index (χ1v) is 7.15. The number of hydrogen-bond acceptors (Lipinski definition) is 2. The Morgan fingerprint density at radius 3 is 2.54 bits per heavy atom. The van der Waals surface area contributed by atoms with E-state index in [1.165, 1.54) is 0 Å². The second kappa shape index (κ2) is 6.07. The quantitative estimate of drug-likeness (QED) is 0.667. The molecule has 3 rings (SSSR count). The fourth-order valence-electron chi connectivity index (χ4n) is 2.39. The van der Waals surface area contributed by atoms with Crippen LogP contribution < -0.4 is 0 Å². The minimum atomic E-state index is -4.58. The molecule has 0 atom stereocenters. The lowest BCUT2D eigenvalue weighted by Crippen LogP contribution is -2.07. The molecule has 0 radical (unpaired) electrons. The Labute approximate surface area is 135 Å². The third kappa shape index (κ3) is 3.61. The van der Waals surface area contributed by atoms with Crippen LogP contribution >= 0.6 is 0 Å². The van der Waals surface area contributed by atoms with E-state index >= 15 is 0 Å². The van der Waals surface area contributed by atoms with Crippen LogP contribution in [0.3, 0.4) is 0 Å². The lowest BCUT2D eigenvalue weighted by Gasteiger charge is -2.10. The number of nitrogens with zero attached hydrogens (tertiary/aromatic N) is 3. The maximum Gasteiger partial charge on any atom is 0.416 e. The van der Waals surface area contributed by atoms with E-state index in [-0.39, 0.29) is 12.0 Å². The van der Waals surface area contributed by atoms with E-state index in [0.29, 0.717) is 11.8 Å². The molecule has 0 aliphatic rings. The molecule has 124 valence electrons. The number of hydrogen-bond donors (Lipinski definition) is 0. The summed E-state index contributed by atoms with van der Waals surface area (Å²) in [6, 6.07) is 7.80. The van der Waals surface area contributed by atoms with Gasteiger partial charge in [-0.3, -0.25) is 4.98 Å². The Kier molecular flexibility index (Phi) is 4.09. The van der Waals surface area contributed by atoms with Crippen LogP contribution in [-0.2, 0) is 12.6 Å². The molecule has 0 spiro atoms. The van der Waals surface area contributed by atoms with Crippen molar-refractivity contribution in [1.82, 2.24) is 14.8 Å². The van der Waals surface area contributed by atoms with E-state index in [1.54, 1.807) is 29.2 Å². The average molecular weight is 335 g/mol. The van der Waals surface area contributed by atoms with Gasteiger partial charge < -0.3 is 0 Å². The number of aryl methyl sites for hydroxylation is 1. The van der Waals surface area contributed by atoms with Gasteiger partial charge in [0, 0.05) is 24.5 Å². The standard InChI is InChI=1S/C17H13F4N3/c1-11-3-5-24(23-11)16-2-4-22-15(10-16)8-12-6-13(17(19,20)21)9-14(18)7-12/h2-7,9-10H,8H2,1H3. The van der Waals surface area contributed by atoms with Gasteiger partial charge in [-0.2, -0.15) is 18.3 Å². The van der Waals surface area contributed by atoms with Gasteiger partial charge in [-0.15, -0.1) is 0 Å². The van der Waals surface area contributed by atoms with E-state index < -0.39 is 17.6 Å². The smallest absolute Gasteiger partial charge is 0.261 e. The summed E-state index contributed by atoms with van der Waals surface area (Å²) in [5.74, 6) is -0.918. The second-order valence-corrected chi connectivity index (χ2v) is 5.43. The van der Waals surface area contributed by atoms with Crippen molar-refractivity contribution >= 4 is 0 Å². The Morgan fingerprint density at radius 2 is 1.88 bits per heavy atom. The molecule has 2 heterocycles. The van der Waals surface area contributed by atoms with Crippen LogP contribution in [0.25, 0.3) is 5.69 Å². The number of halogens is 4. The van der Waals surface area contributed by atoms with Crippen LogP contribution in [0.5, 0.6) is 0 Å². The molecule has 0 fully saturated rings. The first kappa shape index (κ1) is 16.2. The molecule has 24 heavy (non-hydrogen) atoms. The molecule has 0 saturated carbocycles. The Balaban J connectivity index is 1.90. The average Bonchev–Trinajstić information content (AvgIpc) is 2.93. The molecule has 7 heteroatoms. The highest BCUT2D eigenvalue weighted by Crippen LogP contribution is 2.30. The fraction of sp³-hybridized carbons (Fsp3) is 0.176. The minimum Gasteiger partial charge on any atom is -0.261 e. The molecule has 0 amide bonds. The molecule has 0 N–H and O–H groups in total. The minimum absolute atomic E-state index is 0.0922. The SMILES string of the molecule is Cc1ccn(-c2ccnc(Cc3cc(F)cc(C(F)(F)F)c3)c2)n1. The van der Waals surface area contributed by atoms with Gasteiger partial charge >= 0.3 is 6.18 Å². The van der Waals surface area contributed by atoms with Crippen molar-refractivity contribution < 1.29 is 17.6 Å². The second-order valence-electron chi connectivity index (χ2n) is 5.43. The summed E-state index contributed by atoms with van der Waals surface area (Å²) < 4.78 is 53.5. The Hall–Kier alpha value is -2.70. The van der Waals surface area contributed by atoms with E-state index in [9.17, 15) is 17.6 Å². The molecule has 0 aliphatic carbocycles. The third-order valence-electron chi connectivity index (χ3n) is 3.46. The van der Waals surface area contributed by atoms with Crippen molar-refractivity contribution in [3.63, 3.8) is 0 Å². The Bertz CT molecular complexity index is 868. The van der Waals surface area contributed by atoms with Gasteiger partial charge in [0.1, 0.15) is 5.82 Å². The van der Waals surface area contributed by atoms with Crippen LogP contribution in [0, 0.1) is 12.7 Å². The maximum atomic E-state index is 13.5. The predicted molar refractivity (Wildman–Crippen MR) is 80.3 cm³/mol. The van der Waals surface area contributed by atoms with Gasteiger partial charge in [-0.25, -0.2) is 9.07 Å². The van der Waals surface area contributed by atoms with Gasteiger partial charge in [0.25, 0.3) is 0 Å². The highest BCUT2D eigenvalue weighted by Gasteiger charge is 2.31. The van der Waals surface area contributed by atoms with Crippen LogP contribution in [0.1, 0.15) is 22.5 Å². The van der Waals surface area contributed by atoms with E-state index in [1.807, 2.05) is 13.0 Å². The molecule has 0 aliphatic heterocycles. The van der Waals surface area contributed by atoms with Crippen molar-refractivity contribution in [2.24, 2.45) is 0 Å². The van der Waals surface area contributed by atoms with Crippen molar-refractivity contribution in [3.05, 3.63) is 77.1 Å². The van der Waals surface area contributed by atoms with Crippen LogP contribution in [0.15, 0.2) is 48.8 Å². The third-order valence-corrected chi connectivity index (χ3v) is 3.46. The molecule has 2 aromatic heterocycles. The van der Waals surface area contributed by atoms with Crippen LogP contribution in [0.2, 0.25) is 0 Å². The monoisotopic (exact) mass is 335 g/mol. The van der Waals surface area contributed by atoms with Crippen LogP contribution in [0.4, 0.5) is 17.6 Å². The number of rotatable bonds is 3. The number of pyridine rings is 1. The largest absolute Gasteiger partial charge is 0.416 e. The van der Waals surface area contributed by atoms with Gasteiger partial charge in [-0.05, 0) is 48.9 Å². The van der Waals surface area contributed by atoms with Crippen molar-refractivity contribution in [2.75, 3.05) is 0 Å².